The van der Waals surface area contributed by atoms with Gasteiger partial charge in [-0.25, -0.2) is 4.39 Å². The second kappa shape index (κ2) is 7.63. The van der Waals surface area contributed by atoms with Crippen molar-refractivity contribution < 1.29 is 18.7 Å². The third kappa shape index (κ3) is 4.22. The van der Waals surface area contributed by atoms with Crippen molar-refractivity contribution in [3.8, 4) is 22.6 Å². The summed E-state index contributed by atoms with van der Waals surface area (Å²) in [5.74, 6) is -0.115. The normalized spacial score (nSPS) is 10.4. The first kappa shape index (κ1) is 16.8. The number of halogens is 1. The zero-order chi connectivity index (χ0) is 16.8. The smallest absolute Gasteiger partial charge is 0.252 e. The molecule has 122 valence electrons. The molecule has 0 saturated heterocycles. The van der Waals surface area contributed by atoms with Crippen molar-refractivity contribution in [2.45, 2.75) is 20.3 Å². The predicted octanol–water partition coefficient (Wildman–Crippen LogP) is 3.78. The summed E-state index contributed by atoms with van der Waals surface area (Å²) in [7, 11) is 0. The Hall–Kier alpha value is -2.56. The van der Waals surface area contributed by atoms with Gasteiger partial charge in [-0.1, -0.05) is 13.0 Å². The third-order valence-corrected chi connectivity index (χ3v) is 3.22. The fourth-order valence-corrected chi connectivity index (χ4v) is 2.22. The number of hydrogen-bond donors (Lipinski definition) is 1. The molecule has 0 aromatic heterocycles. The molecular weight excluding hydrogens is 297 g/mol. The first-order valence-electron chi connectivity index (χ1n) is 7.55. The van der Waals surface area contributed by atoms with E-state index in [4.69, 9.17) is 15.2 Å². The summed E-state index contributed by atoms with van der Waals surface area (Å²) >= 11 is 0. The van der Waals surface area contributed by atoms with Crippen molar-refractivity contribution in [1.29, 1.82) is 0 Å². The number of hydrogen-bond acceptors (Lipinski definition) is 3. The Morgan fingerprint density at radius 1 is 1.09 bits per heavy atom. The number of carbonyl (C=O) groups excluding carboxylic acids is 1. The summed E-state index contributed by atoms with van der Waals surface area (Å²) in [6.07, 6.45) is 0.821. The van der Waals surface area contributed by atoms with Gasteiger partial charge < -0.3 is 15.2 Å². The standard InChI is InChI=1S/C18H20FNO3/c1-3-7-23-17-6-5-12(10-16(17)18(20)21)13-8-14(19)11-15(9-13)22-4-2/h5-6,8-11H,3-4,7H2,1-2H3,(H2,20,21). The van der Waals surface area contributed by atoms with Crippen molar-refractivity contribution in [3.05, 3.63) is 47.8 Å². The van der Waals surface area contributed by atoms with E-state index in [1.165, 1.54) is 12.1 Å². The molecule has 0 atom stereocenters. The van der Waals surface area contributed by atoms with Gasteiger partial charge in [-0.2, -0.15) is 0 Å². The van der Waals surface area contributed by atoms with Crippen molar-refractivity contribution in [2.24, 2.45) is 5.73 Å². The monoisotopic (exact) mass is 317 g/mol. The van der Waals surface area contributed by atoms with E-state index in [0.29, 0.717) is 35.8 Å². The minimum Gasteiger partial charge on any atom is -0.494 e. The molecule has 0 unspecified atom stereocenters. The Labute approximate surface area is 135 Å². The highest BCUT2D eigenvalue weighted by molar-refractivity contribution is 5.97. The first-order chi connectivity index (χ1) is 11.0. The molecule has 4 nitrogen and oxygen atoms in total. The fourth-order valence-electron chi connectivity index (χ4n) is 2.22. The van der Waals surface area contributed by atoms with Crippen LogP contribution in [0.1, 0.15) is 30.6 Å². The SMILES string of the molecule is CCCOc1ccc(-c2cc(F)cc(OCC)c2)cc1C(N)=O. The zero-order valence-corrected chi connectivity index (χ0v) is 13.3. The predicted molar refractivity (Wildman–Crippen MR) is 87.3 cm³/mol. The molecule has 2 N–H and O–H groups in total. The molecule has 0 aliphatic rings. The maximum atomic E-state index is 13.7. The molecule has 0 bridgehead atoms. The highest BCUT2D eigenvalue weighted by Gasteiger charge is 2.12. The van der Waals surface area contributed by atoms with E-state index >= 15 is 0 Å². The third-order valence-electron chi connectivity index (χ3n) is 3.22. The summed E-state index contributed by atoms with van der Waals surface area (Å²) < 4.78 is 24.6. The summed E-state index contributed by atoms with van der Waals surface area (Å²) in [6, 6.07) is 9.48. The molecule has 0 spiro atoms. The zero-order valence-electron chi connectivity index (χ0n) is 13.3. The Kier molecular flexibility index (Phi) is 5.57. The second-order valence-electron chi connectivity index (χ2n) is 5.03. The molecular formula is C18H20FNO3. The van der Waals surface area contributed by atoms with E-state index < -0.39 is 11.7 Å². The Morgan fingerprint density at radius 3 is 2.52 bits per heavy atom. The highest BCUT2D eigenvalue weighted by Crippen LogP contribution is 2.30. The van der Waals surface area contributed by atoms with Gasteiger partial charge >= 0.3 is 0 Å². The molecule has 23 heavy (non-hydrogen) atoms. The molecule has 1 amide bonds. The first-order valence-corrected chi connectivity index (χ1v) is 7.55. The average Bonchev–Trinajstić information content (AvgIpc) is 2.52. The minimum atomic E-state index is -0.584. The maximum Gasteiger partial charge on any atom is 0.252 e. The van der Waals surface area contributed by atoms with Crippen LogP contribution in [0, 0.1) is 5.82 Å². The topological polar surface area (TPSA) is 61.6 Å². The van der Waals surface area contributed by atoms with Gasteiger partial charge in [-0.3, -0.25) is 4.79 Å². The van der Waals surface area contributed by atoms with Gasteiger partial charge in [0.1, 0.15) is 17.3 Å². The van der Waals surface area contributed by atoms with Crippen molar-refractivity contribution >= 4 is 5.91 Å². The van der Waals surface area contributed by atoms with Crippen LogP contribution in [0.5, 0.6) is 11.5 Å². The van der Waals surface area contributed by atoms with Crippen LogP contribution >= 0.6 is 0 Å². The number of rotatable bonds is 7. The van der Waals surface area contributed by atoms with Gasteiger partial charge in [0.25, 0.3) is 5.91 Å². The maximum absolute atomic E-state index is 13.7. The van der Waals surface area contributed by atoms with Crippen LogP contribution in [-0.2, 0) is 0 Å². The van der Waals surface area contributed by atoms with Gasteiger partial charge in [0.15, 0.2) is 0 Å². The lowest BCUT2D eigenvalue weighted by molar-refractivity contribution is 0.0996. The lowest BCUT2D eigenvalue weighted by Crippen LogP contribution is -2.13. The molecule has 2 aromatic rings. The van der Waals surface area contributed by atoms with Crippen molar-refractivity contribution in [3.63, 3.8) is 0 Å². The molecule has 0 saturated carbocycles. The van der Waals surface area contributed by atoms with Crippen molar-refractivity contribution in [2.75, 3.05) is 13.2 Å². The molecule has 0 fully saturated rings. The van der Waals surface area contributed by atoms with Gasteiger partial charge in [0.2, 0.25) is 0 Å². The summed E-state index contributed by atoms with van der Waals surface area (Å²) in [6.45, 7) is 4.74. The Bertz CT molecular complexity index is 701. The summed E-state index contributed by atoms with van der Waals surface area (Å²) in [4.78, 5) is 11.6. The quantitative estimate of drug-likeness (QED) is 0.845. The molecule has 0 aliphatic heterocycles. The Morgan fingerprint density at radius 2 is 1.87 bits per heavy atom. The van der Waals surface area contributed by atoms with Gasteiger partial charge in [0.05, 0.1) is 18.8 Å². The van der Waals surface area contributed by atoms with E-state index in [9.17, 15) is 9.18 Å². The van der Waals surface area contributed by atoms with Crippen molar-refractivity contribution in [1.82, 2.24) is 0 Å². The molecule has 2 aromatic carbocycles. The average molecular weight is 317 g/mol. The lowest BCUT2D eigenvalue weighted by atomic mass is 10.0. The lowest BCUT2D eigenvalue weighted by Gasteiger charge is -2.12. The van der Waals surface area contributed by atoms with Crippen LogP contribution in [0.15, 0.2) is 36.4 Å². The van der Waals surface area contributed by atoms with Gasteiger partial charge in [-0.15, -0.1) is 0 Å². The summed E-state index contributed by atoms with van der Waals surface area (Å²) in [5.41, 5.74) is 6.98. The van der Waals surface area contributed by atoms with Crippen LogP contribution in [0.4, 0.5) is 4.39 Å². The summed E-state index contributed by atoms with van der Waals surface area (Å²) in [5, 5.41) is 0. The van der Waals surface area contributed by atoms with E-state index in [0.717, 1.165) is 6.42 Å². The molecule has 0 radical (unpaired) electrons. The number of ether oxygens (including phenoxy) is 2. The molecule has 2 rings (SSSR count). The molecule has 0 aliphatic carbocycles. The number of nitrogens with two attached hydrogens (primary N) is 1. The molecule has 5 heteroatoms. The van der Waals surface area contributed by atoms with E-state index in [2.05, 4.69) is 0 Å². The van der Waals surface area contributed by atoms with Crippen LogP contribution in [0.2, 0.25) is 0 Å². The van der Waals surface area contributed by atoms with Crippen LogP contribution in [-0.4, -0.2) is 19.1 Å². The number of benzene rings is 2. The number of amides is 1. The second-order valence-corrected chi connectivity index (χ2v) is 5.03. The highest BCUT2D eigenvalue weighted by atomic mass is 19.1. The van der Waals surface area contributed by atoms with E-state index in [-0.39, 0.29) is 5.56 Å². The van der Waals surface area contributed by atoms with Crippen LogP contribution in [0.25, 0.3) is 11.1 Å². The Balaban J connectivity index is 2.43. The minimum absolute atomic E-state index is 0.276. The van der Waals surface area contributed by atoms with Crippen LogP contribution in [0.3, 0.4) is 0 Å². The van der Waals surface area contributed by atoms with E-state index in [1.54, 1.807) is 24.3 Å². The largest absolute Gasteiger partial charge is 0.494 e. The van der Waals surface area contributed by atoms with Gasteiger partial charge in [-0.05, 0) is 48.7 Å². The fraction of sp³-hybridized carbons (Fsp3) is 0.278. The van der Waals surface area contributed by atoms with Gasteiger partial charge in [0, 0.05) is 6.07 Å². The molecule has 0 heterocycles. The van der Waals surface area contributed by atoms with E-state index in [1.807, 2.05) is 13.8 Å². The number of carbonyl (C=O) groups is 1. The van der Waals surface area contributed by atoms with Crippen LogP contribution < -0.4 is 15.2 Å². The number of primary amides is 1.